The average molecular weight is 251 g/mol. The Hall–Kier alpha value is -1.17. The first-order valence-electron chi connectivity index (χ1n) is 6.41. The molecule has 0 amide bonds. The SMILES string of the molecule is COc1cccnc1C(CC1CCCCO1)NN. The molecule has 1 saturated heterocycles. The lowest BCUT2D eigenvalue weighted by Crippen LogP contribution is -2.33. The summed E-state index contributed by atoms with van der Waals surface area (Å²) in [5.41, 5.74) is 3.66. The van der Waals surface area contributed by atoms with Gasteiger partial charge in [-0.25, -0.2) is 0 Å². The highest BCUT2D eigenvalue weighted by Gasteiger charge is 2.23. The van der Waals surface area contributed by atoms with Crippen LogP contribution >= 0.6 is 0 Å². The Morgan fingerprint density at radius 3 is 3.17 bits per heavy atom. The Morgan fingerprint density at radius 2 is 2.50 bits per heavy atom. The van der Waals surface area contributed by atoms with E-state index in [0.29, 0.717) is 0 Å². The molecule has 3 N–H and O–H groups in total. The number of nitrogens with zero attached hydrogens (tertiary/aromatic N) is 1. The molecule has 1 aromatic rings. The molecule has 1 aliphatic rings. The van der Waals surface area contributed by atoms with Crippen LogP contribution in [0.25, 0.3) is 0 Å². The topological polar surface area (TPSA) is 69.4 Å². The van der Waals surface area contributed by atoms with Crippen LogP contribution in [0.4, 0.5) is 0 Å². The molecule has 100 valence electrons. The van der Waals surface area contributed by atoms with Crippen molar-refractivity contribution in [2.75, 3.05) is 13.7 Å². The van der Waals surface area contributed by atoms with Gasteiger partial charge in [0.05, 0.1) is 19.3 Å². The van der Waals surface area contributed by atoms with E-state index in [0.717, 1.165) is 37.3 Å². The molecule has 0 aromatic carbocycles. The van der Waals surface area contributed by atoms with Crippen molar-refractivity contribution in [2.45, 2.75) is 37.8 Å². The van der Waals surface area contributed by atoms with Gasteiger partial charge < -0.3 is 9.47 Å². The summed E-state index contributed by atoms with van der Waals surface area (Å²) in [6.45, 7) is 0.849. The molecule has 1 aromatic heterocycles. The third-order valence-corrected chi connectivity index (χ3v) is 3.32. The van der Waals surface area contributed by atoms with Crippen LogP contribution in [0.5, 0.6) is 5.75 Å². The van der Waals surface area contributed by atoms with Crippen LogP contribution in [0.1, 0.15) is 37.4 Å². The summed E-state index contributed by atoms with van der Waals surface area (Å²) in [4.78, 5) is 4.36. The van der Waals surface area contributed by atoms with Crippen LogP contribution in [0.2, 0.25) is 0 Å². The van der Waals surface area contributed by atoms with Crippen molar-refractivity contribution >= 4 is 0 Å². The molecule has 1 aliphatic heterocycles. The minimum absolute atomic E-state index is 0.0377. The second-order valence-electron chi connectivity index (χ2n) is 4.53. The van der Waals surface area contributed by atoms with Crippen molar-refractivity contribution < 1.29 is 9.47 Å². The average Bonchev–Trinajstić information content (AvgIpc) is 2.46. The number of nitrogens with two attached hydrogens (primary N) is 1. The second-order valence-corrected chi connectivity index (χ2v) is 4.53. The molecule has 0 saturated carbocycles. The Balaban J connectivity index is 2.07. The van der Waals surface area contributed by atoms with Crippen molar-refractivity contribution in [1.29, 1.82) is 0 Å². The standard InChI is InChI=1S/C13H21N3O2/c1-17-12-6-4-7-15-13(12)11(16-14)9-10-5-2-3-8-18-10/h4,6-7,10-11,16H,2-3,5,8-9,14H2,1H3. The molecule has 2 atom stereocenters. The largest absolute Gasteiger partial charge is 0.495 e. The molecule has 0 radical (unpaired) electrons. The van der Waals surface area contributed by atoms with Gasteiger partial charge >= 0.3 is 0 Å². The molecule has 2 rings (SSSR count). The Kier molecular flexibility index (Phi) is 4.92. The zero-order chi connectivity index (χ0) is 12.8. The third-order valence-electron chi connectivity index (χ3n) is 3.32. The number of hydrogen-bond acceptors (Lipinski definition) is 5. The van der Waals surface area contributed by atoms with Gasteiger partial charge in [0.15, 0.2) is 0 Å². The Bertz CT molecular complexity index is 367. The first-order chi connectivity index (χ1) is 8.85. The molecule has 1 fully saturated rings. The van der Waals surface area contributed by atoms with Crippen LogP contribution in [-0.2, 0) is 4.74 Å². The molecule has 0 bridgehead atoms. The number of rotatable bonds is 5. The summed E-state index contributed by atoms with van der Waals surface area (Å²) in [5.74, 6) is 6.40. The van der Waals surface area contributed by atoms with E-state index in [-0.39, 0.29) is 12.1 Å². The molecule has 5 heteroatoms. The molecule has 2 heterocycles. The van der Waals surface area contributed by atoms with E-state index in [1.165, 1.54) is 6.42 Å². The number of pyridine rings is 1. The fourth-order valence-electron chi connectivity index (χ4n) is 2.35. The van der Waals surface area contributed by atoms with Gasteiger partial charge in [-0.05, 0) is 37.8 Å². The summed E-state index contributed by atoms with van der Waals surface area (Å²) >= 11 is 0. The van der Waals surface area contributed by atoms with Gasteiger partial charge in [0, 0.05) is 12.8 Å². The molecular formula is C13H21N3O2. The van der Waals surface area contributed by atoms with Crippen LogP contribution in [0.15, 0.2) is 18.3 Å². The van der Waals surface area contributed by atoms with E-state index in [1.807, 2.05) is 12.1 Å². The first-order valence-corrected chi connectivity index (χ1v) is 6.41. The summed E-state index contributed by atoms with van der Waals surface area (Å²) < 4.78 is 11.1. The minimum Gasteiger partial charge on any atom is -0.495 e. The fraction of sp³-hybridized carbons (Fsp3) is 0.615. The van der Waals surface area contributed by atoms with Crippen molar-refractivity contribution in [1.82, 2.24) is 10.4 Å². The van der Waals surface area contributed by atoms with Crippen LogP contribution < -0.4 is 16.0 Å². The fourth-order valence-corrected chi connectivity index (χ4v) is 2.35. The lowest BCUT2D eigenvalue weighted by Gasteiger charge is -2.27. The number of hydrazine groups is 1. The second kappa shape index (κ2) is 6.68. The Labute approximate surface area is 108 Å². The van der Waals surface area contributed by atoms with E-state index >= 15 is 0 Å². The summed E-state index contributed by atoms with van der Waals surface area (Å²) in [5, 5.41) is 0. The minimum atomic E-state index is -0.0377. The third kappa shape index (κ3) is 3.19. The van der Waals surface area contributed by atoms with Gasteiger partial charge in [0.2, 0.25) is 0 Å². The van der Waals surface area contributed by atoms with Gasteiger partial charge in [-0.1, -0.05) is 0 Å². The maximum absolute atomic E-state index is 5.74. The molecule has 0 aliphatic carbocycles. The molecular weight excluding hydrogens is 230 g/mol. The quantitative estimate of drug-likeness (QED) is 0.614. The van der Waals surface area contributed by atoms with Gasteiger partial charge in [-0.3, -0.25) is 16.3 Å². The molecule has 18 heavy (non-hydrogen) atoms. The lowest BCUT2D eigenvalue weighted by atomic mass is 9.99. The van der Waals surface area contributed by atoms with Crippen LogP contribution in [0.3, 0.4) is 0 Å². The van der Waals surface area contributed by atoms with E-state index in [1.54, 1.807) is 13.3 Å². The van der Waals surface area contributed by atoms with Crippen molar-refractivity contribution in [3.05, 3.63) is 24.0 Å². The highest BCUT2D eigenvalue weighted by atomic mass is 16.5. The van der Waals surface area contributed by atoms with Gasteiger partial charge in [0.25, 0.3) is 0 Å². The van der Waals surface area contributed by atoms with E-state index < -0.39 is 0 Å². The highest BCUT2D eigenvalue weighted by Crippen LogP contribution is 2.28. The summed E-state index contributed by atoms with van der Waals surface area (Å²) in [6, 6.07) is 3.71. The van der Waals surface area contributed by atoms with Gasteiger partial charge in [0.1, 0.15) is 11.4 Å². The van der Waals surface area contributed by atoms with Crippen molar-refractivity contribution in [3.8, 4) is 5.75 Å². The summed E-state index contributed by atoms with van der Waals surface area (Å²) in [7, 11) is 1.64. The van der Waals surface area contributed by atoms with Gasteiger partial charge in [-0.15, -0.1) is 0 Å². The molecule has 5 nitrogen and oxygen atoms in total. The normalized spacial score (nSPS) is 21.6. The predicted octanol–water partition coefficient (Wildman–Crippen LogP) is 1.55. The number of aromatic nitrogens is 1. The first kappa shape index (κ1) is 13.3. The van der Waals surface area contributed by atoms with Crippen molar-refractivity contribution in [3.63, 3.8) is 0 Å². The number of methoxy groups -OCH3 is 1. The molecule has 2 unspecified atom stereocenters. The summed E-state index contributed by atoms with van der Waals surface area (Å²) in [6.07, 6.45) is 6.30. The van der Waals surface area contributed by atoms with Gasteiger partial charge in [-0.2, -0.15) is 0 Å². The molecule has 0 spiro atoms. The maximum atomic E-state index is 5.74. The maximum Gasteiger partial charge on any atom is 0.142 e. The van der Waals surface area contributed by atoms with E-state index in [2.05, 4.69) is 10.4 Å². The number of ether oxygens (including phenoxy) is 2. The number of nitrogens with one attached hydrogen (secondary N) is 1. The Morgan fingerprint density at radius 1 is 1.61 bits per heavy atom. The van der Waals surface area contributed by atoms with Crippen LogP contribution in [-0.4, -0.2) is 24.8 Å². The highest BCUT2D eigenvalue weighted by molar-refractivity contribution is 5.29. The van der Waals surface area contributed by atoms with E-state index in [4.69, 9.17) is 15.3 Å². The zero-order valence-corrected chi connectivity index (χ0v) is 10.8. The van der Waals surface area contributed by atoms with Crippen LogP contribution in [0, 0.1) is 0 Å². The smallest absolute Gasteiger partial charge is 0.142 e. The lowest BCUT2D eigenvalue weighted by molar-refractivity contribution is 0.00463. The zero-order valence-electron chi connectivity index (χ0n) is 10.8. The van der Waals surface area contributed by atoms with E-state index in [9.17, 15) is 0 Å². The monoisotopic (exact) mass is 251 g/mol. The number of hydrogen-bond donors (Lipinski definition) is 2. The van der Waals surface area contributed by atoms with Crippen molar-refractivity contribution in [2.24, 2.45) is 5.84 Å². The predicted molar refractivity (Wildman–Crippen MR) is 69.1 cm³/mol.